The molecule has 0 saturated heterocycles. The summed E-state index contributed by atoms with van der Waals surface area (Å²) in [6.45, 7) is 18.2. The van der Waals surface area contributed by atoms with Gasteiger partial charge >= 0.3 is 0 Å². The molecule has 0 aromatic heterocycles. The molecule has 0 heterocycles. The molecule has 334 valence electrons. The fraction of sp³-hybridized carbons (Fsp3) is 0.786. The molecule has 58 heavy (non-hydrogen) atoms. The van der Waals surface area contributed by atoms with Gasteiger partial charge in [-0.25, -0.2) is 5.84 Å². The monoisotopic (exact) mass is 823 g/mol. The van der Waals surface area contributed by atoms with Gasteiger partial charge in [-0.05, 0) is 68.6 Å². The van der Waals surface area contributed by atoms with Crippen LogP contribution >= 0.6 is 0 Å². The van der Waals surface area contributed by atoms with Crippen molar-refractivity contribution < 1.29 is 38.7 Å². The number of rotatable bonds is 26. The molecular formula is C42H78N8O8. The topological polar surface area (TPSA) is 220 Å². The maximum Gasteiger partial charge on any atom is 0.259 e. The molecule has 7 amide bonds. The Morgan fingerprint density at radius 2 is 1.17 bits per heavy atom. The number of nitrogens with two attached hydrogens (primary N) is 2. The number of hydrazine groups is 1. The first-order valence-corrected chi connectivity index (χ1v) is 20.9. The average molecular weight is 823 g/mol. The number of hydrogen-bond acceptors (Lipinski definition) is 9. The highest BCUT2D eigenvalue weighted by atomic mass is 16.3. The lowest BCUT2D eigenvalue weighted by Crippen LogP contribution is -2.63. The number of carbonyl (C=O) groups is 7. The van der Waals surface area contributed by atoms with E-state index in [4.69, 9.17) is 11.6 Å². The highest BCUT2D eigenvalue weighted by molar-refractivity contribution is 5.96. The van der Waals surface area contributed by atoms with Crippen LogP contribution in [0.4, 0.5) is 0 Å². The Labute approximate surface area is 348 Å². The highest BCUT2D eigenvalue weighted by Gasteiger charge is 2.42. The molecule has 6 N–H and O–H groups in total. The van der Waals surface area contributed by atoms with Crippen molar-refractivity contribution in [3.63, 3.8) is 0 Å². The first-order valence-electron chi connectivity index (χ1n) is 20.9. The Kier molecular flexibility index (Phi) is 24.3. The number of aliphatic hydroxyl groups excluding tert-OH is 1. The summed E-state index contributed by atoms with van der Waals surface area (Å²) >= 11 is 0. The fourth-order valence-corrected chi connectivity index (χ4v) is 6.78. The van der Waals surface area contributed by atoms with Gasteiger partial charge in [0.25, 0.3) is 5.91 Å². The third kappa shape index (κ3) is 17.0. The van der Waals surface area contributed by atoms with Gasteiger partial charge in [0, 0.05) is 34.6 Å². The Bertz CT molecular complexity index is 1390. The smallest absolute Gasteiger partial charge is 0.259 e. The molecule has 16 heteroatoms. The SMILES string of the molecule is CC/C=C/CC[C@@H](O)C(C(=O)N[C@@H](CC)C(=O)N(N)CC(=O)N(C)[C@@H](CC(C)C)C(N)=O)N(C)C(=O)[C@H](C(C)C)N(C)C(=O)[C@H](CC(C)C)N(C)C(=O)CCC(C)C. The van der Waals surface area contributed by atoms with Crippen LogP contribution in [0.3, 0.4) is 0 Å². The van der Waals surface area contributed by atoms with Crippen molar-refractivity contribution in [2.75, 3.05) is 34.7 Å². The molecule has 6 atom stereocenters. The third-order valence-corrected chi connectivity index (χ3v) is 10.4. The molecule has 0 aromatic rings. The van der Waals surface area contributed by atoms with Crippen LogP contribution in [-0.4, -0.2) is 142 Å². The molecule has 0 bridgehead atoms. The minimum Gasteiger partial charge on any atom is -0.390 e. The largest absolute Gasteiger partial charge is 0.390 e. The zero-order valence-electron chi connectivity index (χ0n) is 38.0. The number of amides is 7. The standard InChI is InChI=1S/C42H78N8O8/c1-15-17-18-19-20-33(51)37(39(55)45-30(16-2)40(56)50(44)25-35(53)46(11)31(38(43)54)23-27(5)6)49(14)42(58)36(29(9)10)48(13)41(57)32(24-28(7)8)47(12)34(52)22-21-26(3)4/h17-18,26-33,36-37,51H,15-16,19-25,44H2,1-14H3,(H2,43,54)(H,45,55)/b18-17+/t30-,31-,32-,33+,36-,37?/m0/s1. The molecule has 0 fully saturated rings. The van der Waals surface area contributed by atoms with E-state index in [0.717, 1.165) is 16.2 Å². The van der Waals surface area contributed by atoms with Crippen LogP contribution in [0, 0.1) is 23.7 Å². The molecule has 0 aromatic carbocycles. The van der Waals surface area contributed by atoms with E-state index in [2.05, 4.69) is 5.32 Å². The minimum atomic E-state index is -1.49. The molecule has 0 aliphatic rings. The Hall–Kier alpha value is -4.05. The van der Waals surface area contributed by atoms with Gasteiger partial charge in [-0.2, -0.15) is 0 Å². The first-order chi connectivity index (χ1) is 26.8. The number of nitrogens with one attached hydrogen (secondary N) is 1. The van der Waals surface area contributed by atoms with Crippen LogP contribution < -0.4 is 16.9 Å². The minimum absolute atomic E-state index is 0.0474. The average Bonchev–Trinajstić information content (AvgIpc) is 3.13. The van der Waals surface area contributed by atoms with E-state index in [1.54, 1.807) is 27.8 Å². The zero-order chi connectivity index (χ0) is 45.2. The maximum atomic E-state index is 14.5. The van der Waals surface area contributed by atoms with Crippen molar-refractivity contribution in [2.45, 2.75) is 157 Å². The summed E-state index contributed by atoms with van der Waals surface area (Å²) in [5, 5.41) is 14.8. The molecule has 0 aliphatic carbocycles. The fourth-order valence-electron chi connectivity index (χ4n) is 6.78. The van der Waals surface area contributed by atoms with Crippen LogP contribution in [0.1, 0.15) is 121 Å². The van der Waals surface area contributed by atoms with E-state index >= 15 is 0 Å². The maximum absolute atomic E-state index is 14.5. The first kappa shape index (κ1) is 53.9. The van der Waals surface area contributed by atoms with E-state index in [-0.39, 0.29) is 37.0 Å². The number of carbonyl (C=O) groups excluding carboxylic acids is 7. The quantitative estimate of drug-likeness (QED) is 0.0436. The van der Waals surface area contributed by atoms with E-state index in [1.165, 1.54) is 30.9 Å². The van der Waals surface area contributed by atoms with Gasteiger partial charge in [-0.3, -0.25) is 38.6 Å². The van der Waals surface area contributed by atoms with Gasteiger partial charge in [-0.1, -0.05) is 81.4 Å². The van der Waals surface area contributed by atoms with Crippen LogP contribution in [0.25, 0.3) is 0 Å². The molecule has 0 aliphatic heterocycles. The second-order valence-electron chi connectivity index (χ2n) is 17.1. The lowest BCUT2D eigenvalue weighted by Gasteiger charge is -2.40. The summed E-state index contributed by atoms with van der Waals surface area (Å²) in [6.07, 6.45) is 5.32. The Morgan fingerprint density at radius 3 is 1.64 bits per heavy atom. The van der Waals surface area contributed by atoms with Crippen LogP contribution in [0.15, 0.2) is 12.2 Å². The normalized spacial score (nSPS) is 14.8. The van der Waals surface area contributed by atoms with Crippen molar-refractivity contribution in [2.24, 2.45) is 35.2 Å². The van der Waals surface area contributed by atoms with Gasteiger partial charge in [0.05, 0.1) is 6.10 Å². The van der Waals surface area contributed by atoms with Crippen molar-refractivity contribution in [1.82, 2.24) is 29.9 Å². The second-order valence-corrected chi connectivity index (χ2v) is 17.1. The summed E-state index contributed by atoms with van der Waals surface area (Å²) in [5.74, 6) is 1.83. The van der Waals surface area contributed by atoms with Gasteiger partial charge in [0.2, 0.25) is 35.4 Å². The molecule has 16 nitrogen and oxygen atoms in total. The number of primary amides is 1. The Balaban J connectivity index is 6.64. The molecule has 0 rings (SSSR count). The van der Waals surface area contributed by atoms with Crippen molar-refractivity contribution in [3.05, 3.63) is 12.2 Å². The number of nitrogens with zero attached hydrogens (tertiary/aromatic N) is 5. The number of likely N-dealkylation sites (N-methyl/N-ethyl adjacent to an activating group) is 4. The van der Waals surface area contributed by atoms with E-state index in [9.17, 15) is 38.7 Å². The summed E-state index contributed by atoms with van der Waals surface area (Å²) < 4.78 is 0. The molecule has 0 spiro atoms. The number of hydrogen-bond donors (Lipinski definition) is 4. The van der Waals surface area contributed by atoms with E-state index in [0.29, 0.717) is 36.6 Å². The lowest BCUT2D eigenvalue weighted by atomic mass is 9.95. The number of aliphatic hydroxyl groups is 1. The highest BCUT2D eigenvalue weighted by Crippen LogP contribution is 2.22. The predicted octanol–water partition coefficient (Wildman–Crippen LogP) is 2.67. The second kappa shape index (κ2) is 26.1. The predicted molar refractivity (Wildman–Crippen MR) is 226 cm³/mol. The van der Waals surface area contributed by atoms with Gasteiger partial charge in [0.1, 0.15) is 36.8 Å². The molecular weight excluding hydrogens is 745 g/mol. The van der Waals surface area contributed by atoms with Crippen molar-refractivity contribution >= 4 is 41.4 Å². The molecule has 0 saturated carbocycles. The zero-order valence-corrected chi connectivity index (χ0v) is 38.0. The van der Waals surface area contributed by atoms with Crippen LogP contribution in [0.2, 0.25) is 0 Å². The van der Waals surface area contributed by atoms with Crippen LogP contribution in [0.5, 0.6) is 0 Å². The van der Waals surface area contributed by atoms with Gasteiger partial charge in [-0.15, -0.1) is 0 Å². The summed E-state index contributed by atoms with van der Waals surface area (Å²) in [7, 11) is 5.89. The Morgan fingerprint density at radius 1 is 0.655 bits per heavy atom. The van der Waals surface area contributed by atoms with Crippen molar-refractivity contribution in [1.29, 1.82) is 0 Å². The van der Waals surface area contributed by atoms with E-state index < -0.39 is 84.2 Å². The summed E-state index contributed by atoms with van der Waals surface area (Å²) in [5.41, 5.74) is 5.54. The van der Waals surface area contributed by atoms with Crippen LogP contribution in [-0.2, 0) is 33.6 Å². The third-order valence-electron chi connectivity index (χ3n) is 10.4. The summed E-state index contributed by atoms with van der Waals surface area (Å²) in [6, 6.07) is -5.57. The van der Waals surface area contributed by atoms with Crippen molar-refractivity contribution in [3.8, 4) is 0 Å². The number of allylic oxidation sites excluding steroid dienone is 2. The van der Waals surface area contributed by atoms with E-state index in [1.807, 2.05) is 60.6 Å². The van der Waals surface area contributed by atoms with Gasteiger partial charge in [0.15, 0.2) is 0 Å². The lowest BCUT2D eigenvalue weighted by molar-refractivity contribution is -0.155. The summed E-state index contributed by atoms with van der Waals surface area (Å²) in [4.78, 5) is 100.0. The molecule has 1 unspecified atom stereocenters. The van der Waals surface area contributed by atoms with Gasteiger partial charge < -0.3 is 35.8 Å². The molecule has 0 radical (unpaired) electrons.